The first kappa shape index (κ1) is 18.2. The summed E-state index contributed by atoms with van der Waals surface area (Å²) in [5.41, 5.74) is 4.27. The summed E-state index contributed by atoms with van der Waals surface area (Å²) < 4.78 is 1.18. The molecule has 0 unspecified atom stereocenters. The van der Waals surface area contributed by atoms with Crippen molar-refractivity contribution in [2.75, 3.05) is 14.1 Å². The fraction of sp³-hybridized carbons (Fsp3) is 0.381. The molecule has 27 heavy (non-hydrogen) atoms. The Morgan fingerprint density at radius 2 is 1.89 bits per heavy atom. The summed E-state index contributed by atoms with van der Waals surface area (Å²) in [6.45, 7) is 4.97. The third kappa shape index (κ3) is 3.18. The Morgan fingerprint density at radius 3 is 2.59 bits per heavy atom. The van der Waals surface area contributed by atoms with Gasteiger partial charge in [0.05, 0.1) is 21.5 Å². The molecule has 5 nitrogen and oxygen atoms in total. The summed E-state index contributed by atoms with van der Waals surface area (Å²) in [7, 11) is 4.16. The van der Waals surface area contributed by atoms with Crippen LogP contribution in [0.1, 0.15) is 37.1 Å². The highest BCUT2D eigenvalue weighted by atomic mass is 32.1. The van der Waals surface area contributed by atoms with E-state index in [4.69, 9.17) is 0 Å². The predicted molar refractivity (Wildman–Crippen MR) is 113 cm³/mol. The summed E-state index contributed by atoms with van der Waals surface area (Å²) in [5.74, 6) is 0. The maximum Gasteiger partial charge on any atom is 0.126 e. The van der Waals surface area contributed by atoms with Crippen molar-refractivity contribution in [3.8, 4) is 11.4 Å². The first-order chi connectivity index (χ1) is 12.9. The second-order valence-corrected chi connectivity index (χ2v) is 8.63. The molecule has 4 aromatic rings. The van der Waals surface area contributed by atoms with Crippen molar-refractivity contribution in [1.82, 2.24) is 20.1 Å². The molecular weight excluding hydrogens is 356 g/mol. The van der Waals surface area contributed by atoms with Crippen molar-refractivity contribution in [3.05, 3.63) is 40.8 Å². The van der Waals surface area contributed by atoms with Crippen LogP contribution in [-0.2, 0) is 12.1 Å². The van der Waals surface area contributed by atoms with Gasteiger partial charge in [0, 0.05) is 22.3 Å². The van der Waals surface area contributed by atoms with Gasteiger partial charge in [0.15, 0.2) is 0 Å². The number of fused-ring (bicyclic) bond motifs is 2. The van der Waals surface area contributed by atoms with Crippen molar-refractivity contribution < 1.29 is 5.11 Å². The molecule has 0 fully saturated rings. The number of hydrogen-bond acceptors (Lipinski definition) is 4. The number of aromatic nitrogens is 3. The lowest BCUT2D eigenvalue weighted by Crippen LogP contribution is -2.23. The predicted octanol–water partition coefficient (Wildman–Crippen LogP) is 4.84. The number of thiophene rings is 1. The van der Waals surface area contributed by atoms with E-state index in [1.165, 1.54) is 9.58 Å². The minimum absolute atomic E-state index is 0.701. The first-order valence-corrected chi connectivity index (χ1v) is 10.2. The summed E-state index contributed by atoms with van der Waals surface area (Å²) in [4.78, 5) is 6.99. The van der Waals surface area contributed by atoms with Gasteiger partial charge < -0.3 is 15.0 Å². The number of benzene rings is 1. The van der Waals surface area contributed by atoms with Crippen LogP contribution in [-0.4, -0.2) is 39.3 Å². The normalized spacial score (nSPS) is 12.7. The molecule has 0 saturated heterocycles. The van der Waals surface area contributed by atoms with E-state index in [-0.39, 0.29) is 0 Å². The minimum atomic E-state index is -0.770. The standard InChI is InChI=1S/C21H26N4OS/c1-5-21(26,6-2)14-8-7-13-9-17(22-16(13)10-14)19-20-18(23-24-19)11-15(27-20)12-25(3)4/h7-11,22,26H,5-6,12H2,1-4H3,(H,23,24). The van der Waals surface area contributed by atoms with Crippen LogP contribution in [0.2, 0.25) is 0 Å². The largest absolute Gasteiger partial charge is 0.385 e. The van der Waals surface area contributed by atoms with E-state index in [0.717, 1.165) is 39.9 Å². The van der Waals surface area contributed by atoms with Crippen LogP contribution < -0.4 is 0 Å². The van der Waals surface area contributed by atoms with Crippen molar-refractivity contribution in [2.45, 2.75) is 38.8 Å². The monoisotopic (exact) mass is 382 g/mol. The molecular formula is C21H26N4OS. The molecule has 3 heterocycles. The maximum absolute atomic E-state index is 10.8. The third-order valence-corrected chi connectivity index (χ3v) is 6.47. The van der Waals surface area contributed by atoms with Crippen LogP contribution in [0.25, 0.3) is 32.5 Å². The highest BCUT2D eigenvalue weighted by molar-refractivity contribution is 7.19. The number of rotatable bonds is 6. The summed E-state index contributed by atoms with van der Waals surface area (Å²) in [6, 6.07) is 10.5. The Labute approximate surface area is 163 Å². The van der Waals surface area contributed by atoms with Gasteiger partial charge in [0.1, 0.15) is 5.69 Å². The molecule has 1 aromatic carbocycles. The number of nitrogens with one attached hydrogen (secondary N) is 2. The van der Waals surface area contributed by atoms with Gasteiger partial charge in [-0.15, -0.1) is 11.3 Å². The Balaban J connectivity index is 1.76. The van der Waals surface area contributed by atoms with Crippen molar-refractivity contribution in [2.24, 2.45) is 0 Å². The molecule has 0 bridgehead atoms. The van der Waals surface area contributed by atoms with Crippen molar-refractivity contribution >= 4 is 32.5 Å². The van der Waals surface area contributed by atoms with Crippen molar-refractivity contribution in [1.29, 1.82) is 0 Å². The van der Waals surface area contributed by atoms with E-state index in [2.05, 4.69) is 58.4 Å². The zero-order valence-electron chi connectivity index (χ0n) is 16.3. The highest BCUT2D eigenvalue weighted by Crippen LogP contribution is 2.36. The van der Waals surface area contributed by atoms with Crippen LogP contribution in [0, 0.1) is 0 Å². The number of H-pyrrole nitrogens is 2. The van der Waals surface area contributed by atoms with Gasteiger partial charge in [-0.05, 0) is 50.7 Å². The van der Waals surface area contributed by atoms with E-state index in [9.17, 15) is 5.11 Å². The summed E-state index contributed by atoms with van der Waals surface area (Å²) in [6.07, 6.45) is 1.40. The molecule has 0 aliphatic rings. The molecule has 0 atom stereocenters. The summed E-state index contributed by atoms with van der Waals surface area (Å²) >= 11 is 1.78. The Hall–Kier alpha value is -2.15. The SMILES string of the molecule is CCC(O)(CC)c1ccc2cc(-c3n[nH]c4cc(CN(C)C)sc34)[nH]c2c1. The van der Waals surface area contributed by atoms with Crippen LogP contribution in [0.3, 0.4) is 0 Å². The highest BCUT2D eigenvalue weighted by Gasteiger charge is 2.25. The smallest absolute Gasteiger partial charge is 0.126 e. The molecule has 0 aliphatic carbocycles. The number of nitrogens with zero attached hydrogens (tertiary/aromatic N) is 2. The molecule has 3 aromatic heterocycles. The molecule has 6 heteroatoms. The van der Waals surface area contributed by atoms with Crippen molar-refractivity contribution in [3.63, 3.8) is 0 Å². The minimum Gasteiger partial charge on any atom is -0.385 e. The van der Waals surface area contributed by atoms with Gasteiger partial charge in [0.25, 0.3) is 0 Å². The molecule has 0 spiro atoms. The third-order valence-electron chi connectivity index (χ3n) is 5.34. The molecule has 142 valence electrons. The first-order valence-electron chi connectivity index (χ1n) is 9.41. The Morgan fingerprint density at radius 1 is 1.11 bits per heavy atom. The van der Waals surface area contributed by atoms with Gasteiger partial charge in [-0.2, -0.15) is 5.10 Å². The van der Waals surface area contributed by atoms with Crippen LogP contribution in [0.4, 0.5) is 0 Å². The number of hydrogen-bond donors (Lipinski definition) is 3. The fourth-order valence-corrected chi connectivity index (χ4v) is 4.87. The molecule has 3 N–H and O–H groups in total. The zero-order valence-corrected chi connectivity index (χ0v) is 17.1. The van der Waals surface area contributed by atoms with Crippen LogP contribution in [0.5, 0.6) is 0 Å². The topological polar surface area (TPSA) is 67.9 Å². The van der Waals surface area contributed by atoms with E-state index < -0.39 is 5.60 Å². The van der Waals surface area contributed by atoms with E-state index in [0.29, 0.717) is 12.8 Å². The van der Waals surface area contributed by atoms with Gasteiger partial charge in [-0.3, -0.25) is 5.10 Å². The van der Waals surface area contributed by atoms with E-state index in [1.807, 2.05) is 19.9 Å². The molecule has 0 radical (unpaired) electrons. The van der Waals surface area contributed by atoms with Crippen LogP contribution >= 0.6 is 11.3 Å². The Bertz CT molecular complexity index is 1080. The second kappa shape index (κ2) is 6.78. The Kier molecular flexibility index (Phi) is 4.58. The number of aliphatic hydroxyl groups is 1. The number of aromatic amines is 2. The quantitative estimate of drug-likeness (QED) is 0.447. The van der Waals surface area contributed by atoms with Gasteiger partial charge in [0.2, 0.25) is 0 Å². The van der Waals surface area contributed by atoms with Gasteiger partial charge in [-0.25, -0.2) is 0 Å². The lowest BCUT2D eigenvalue weighted by atomic mass is 9.88. The van der Waals surface area contributed by atoms with Gasteiger partial charge in [-0.1, -0.05) is 26.0 Å². The maximum atomic E-state index is 10.8. The lowest BCUT2D eigenvalue weighted by molar-refractivity contribution is 0.0285. The fourth-order valence-electron chi connectivity index (χ4n) is 3.64. The zero-order chi connectivity index (χ0) is 19.2. The van der Waals surface area contributed by atoms with E-state index in [1.54, 1.807) is 11.3 Å². The molecule has 4 rings (SSSR count). The van der Waals surface area contributed by atoms with E-state index >= 15 is 0 Å². The van der Waals surface area contributed by atoms with Crippen LogP contribution in [0.15, 0.2) is 30.3 Å². The lowest BCUT2D eigenvalue weighted by Gasteiger charge is -2.25. The molecule has 0 saturated carbocycles. The van der Waals surface area contributed by atoms with Gasteiger partial charge >= 0.3 is 0 Å². The average Bonchev–Trinajstić information content (AvgIpc) is 3.32. The molecule has 0 aliphatic heterocycles. The molecule has 0 amide bonds. The average molecular weight is 383 g/mol. The summed E-state index contributed by atoms with van der Waals surface area (Å²) in [5, 5.41) is 19.7. The second-order valence-electron chi connectivity index (χ2n) is 7.49.